The number of hydrogen-bond donors (Lipinski definition) is 3. The number of nitrogens with two attached hydrogens (primary N) is 1. The fourth-order valence-corrected chi connectivity index (χ4v) is 4.17. The van der Waals surface area contributed by atoms with Crippen molar-refractivity contribution < 1.29 is 0 Å². The van der Waals surface area contributed by atoms with E-state index in [-0.39, 0.29) is 22.0 Å². The van der Waals surface area contributed by atoms with Gasteiger partial charge in [-0.15, -0.1) is 0 Å². The lowest BCUT2D eigenvalue weighted by Crippen LogP contribution is -2.44. The quantitative estimate of drug-likeness (QED) is 0.550. The van der Waals surface area contributed by atoms with E-state index in [2.05, 4.69) is 30.6 Å². The lowest BCUT2D eigenvalue weighted by atomic mass is 10.2. The van der Waals surface area contributed by atoms with Crippen LogP contribution in [0.5, 0.6) is 0 Å². The first-order chi connectivity index (χ1) is 14.5. The van der Waals surface area contributed by atoms with E-state index in [0.29, 0.717) is 21.7 Å². The van der Waals surface area contributed by atoms with Crippen LogP contribution in [0.25, 0.3) is 0 Å². The number of rotatable bonds is 4. The van der Waals surface area contributed by atoms with Crippen LogP contribution in [0.1, 0.15) is 17.7 Å². The summed E-state index contributed by atoms with van der Waals surface area (Å²) in [5, 5.41) is 7.44. The molecule has 30 heavy (non-hydrogen) atoms. The molecular weight excluding hydrogens is 472 g/mol. The molecule has 4 heterocycles. The van der Waals surface area contributed by atoms with Gasteiger partial charge in [0.25, 0.3) is 0 Å². The van der Waals surface area contributed by atoms with Gasteiger partial charge in [-0.3, -0.25) is 0 Å². The molecule has 2 saturated heterocycles. The lowest BCUT2D eigenvalue weighted by Gasteiger charge is -2.30. The van der Waals surface area contributed by atoms with Crippen LogP contribution in [0.4, 0.5) is 11.6 Å². The molecule has 0 bridgehead atoms. The third-order valence-electron chi connectivity index (χ3n) is 5.01. The molecule has 13 heteroatoms. The zero-order valence-electron chi connectivity index (χ0n) is 16.0. The van der Waals surface area contributed by atoms with Gasteiger partial charge in [0.15, 0.2) is 33.6 Å². The van der Waals surface area contributed by atoms with Crippen molar-refractivity contribution in [3.63, 3.8) is 0 Å². The number of piperazine rings is 2. The fraction of sp³-hybridized carbons (Fsp3) is 0.529. The van der Waals surface area contributed by atoms with E-state index in [1.807, 2.05) is 9.80 Å². The Morgan fingerprint density at radius 1 is 0.667 bits per heavy atom. The monoisotopic (exact) mass is 491 g/mol. The van der Waals surface area contributed by atoms with E-state index >= 15 is 0 Å². The molecular formula is C17H21Cl4N9. The Kier molecular flexibility index (Phi) is 6.98. The summed E-state index contributed by atoms with van der Waals surface area (Å²) in [5.74, 6) is 1.63. The molecule has 0 atom stereocenters. The molecule has 0 saturated carbocycles. The van der Waals surface area contributed by atoms with Gasteiger partial charge in [0.1, 0.15) is 16.1 Å². The van der Waals surface area contributed by atoms with Gasteiger partial charge in [-0.1, -0.05) is 46.4 Å². The SMILES string of the molecule is NC(c1nc(Cl)c(Cl)c(N2CCNCC2)n1)c1nc(Cl)c(Cl)c(N2CCNCC2)n1. The maximum absolute atomic E-state index is 6.44. The molecule has 9 nitrogen and oxygen atoms in total. The first-order valence-corrected chi connectivity index (χ1v) is 11.1. The normalized spacial score (nSPS) is 17.7. The average molecular weight is 493 g/mol. The van der Waals surface area contributed by atoms with Crippen molar-refractivity contribution in [2.24, 2.45) is 5.73 Å². The second-order valence-corrected chi connectivity index (χ2v) is 8.44. The number of hydrogen-bond acceptors (Lipinski definition) is 9. The third-order valence-corrected chi connectivity index (χ3v) is 6.45. The highest BCUT2D eigenvalue weighted by atomic mass is 35.5. The molecule has 0 spiro atoms. The van der Waals surface area contributed by atoms with Gasteiger partial charge >= 0.3 is 0 Å². The van der Waals surface area contributed by atoms with Gasteiger partial charge in [0.05, 0.1) is 0 Å². The Balaban J connectivity index is 1.69. The summed E-state index contributed by atoms with van der Waals surface area (Å²) in [5.41, 5.74) is 6.44. The Labute approximate surface area is 194 Å². The Bertz CT molecular complexity index is 843. The van der Waals surface area contributed by atoms with Crippen molar-refractivity contribution in [3.05, 3.63) is 32.0 Å². The molecule has 0 aromatic carbocycles. The van der Waals surface area contributed by atoms with Crippen molar-refractivity contribution in [2.45, 2.75) is 6.04 Å². The Morgan fingerprint density at radius 2 is 1.03 bits per heavy atom. The van der Waals surface area contributed by atoms with E-state index in [1.54, 1.807) is 0 Å². The van der Waals surface area contributed by atoms with E-state index in [9.17, 15) is 0 Å². The summed E-state index contributed by atoms with van der Waals surface area (Å²) in [7, 11) is 0. The zero-order chi connectivity index (χ0) is 21.3. The standard InChI is InChI=1S/C17H21Cl4N9/c18-9-12(20)25-14(27-16(9)29-5-1-23-2-6-29)11(22)15-26-13(21)10(19)17(28-15)30-7-3-24-4-8-30/h11,23-24H,1-8,22H2. The van der Waals surface area contributed by atoms with Crippen LogP contribution in [0, 0.1) is 0 Å². The molecule has 0 amide bonds. The summed E-state index contributed by atoms with van der Waals surface area (Å²) < 4.78 is 0. The predicted octanol–water partition coefficient (Wildman–Crippen LogP) is 1.75. The molecule has 0 aliphatic carbocycles. The average Bonchev–Trinajstić information content (AvgIpc) is 2.78. The highest BCUT2D eigenvalue weighted by Gasteiger charge is 2.26. The summed E-state index contributed by atoms with van der Waals surface area (Å²) in [6.45, 7) is 6.28. The van der Waals surface area contributed by atoms with Gasteiger partial charge in [0.2, 0.25) is 0 Å². The van der Waals surface area contributed by atoms with Crippen LogP contribution in [0.3, 0.4) is 0 Å². The van der Waals surface area contributed by atoms with Gasteiger partial charge in [-0.2, -0.15) is 0 Å². The summed E-state index contributed by atoms with van der Waals surface area (Å²) in [6.07, 6.45) is 0. The van der Waals surface area contributed by atoms with E-state index in [1.165, 1.54) is 0 Å². The van der Waals surface area contributed by atoms with Gasteiger partial charge in [-0.05, 0) is 0 Å². The second-order valence-electron chi connectivity index (χ2n) is 6.97. The highest BCUT2D eigenvalue weighted by molar-refractivity contribution is 6.43. The molecule has 0 unspecified atom stereocenters. The number of halogens is 4. The van der Waals surface area contributed by atoms with Crippen LogP contribution in [-0.2, 0) is 0 Å². The summed E-state index contributed by atoms with van der Waals surface area (Å²) in [4.78, 5) is 21.8. The lowest BCUT2D eigenvalue weighted by molar-refractivity contribution is 0.579. The van der Waals surface area contributed by atoms with Crippen LogP contribution in [0.15, 0.2) is 0 Å². The van der Waals surface area contributed by atoms with Crippen molar-refractivity contribution in [3.8, 4) is 0 Å². The number of nitrogens with zero attached hydrogens (tertiary/aromatic N) is 6. The topological polar surface area (TPSA) is 108 Å². The largest absolute Gasteiger partial charge is 0.353 e. The fourth-order valence-electron chi connectivity index (χ4n) is 3.41. The van der Waals surface area contributed by atoms with Crippen LogP contribution in [0.2, 0.25) is 20.4 Å². The molecule has 4 rings (SSSR count). The molecule has 2 aliphatic heterocycles. The van der Waals surface area contributed by atoms with Crippen molar-refractivity contribution in [1.29, 1.82) is 0 Å². The van der Waals surface area contributed by atoms with E-state index < -0.39 is 6.04 Å². The number of aromatic nitrogens is 4. The number of nitrogens with one attached hydrogen (secondary N) is 2. The Hall–Kier alpha value is -1.20. The smallest absolute Gasteiger partial charge is 0.157 e. The van der Waals surface area contributed by atoms with Crippen LogP contribution < -0.4 is 26.2 Å². The number of anilines is 2. The minimum atomic E-state index is -0.849. The molecule has 4 N–H and O–H groups in total. The van der Waals surface area contributed by atoms with Gasteiger partial charge in [0, 0.05) is 52.4 Å². The molecule has 0 radical (unpaired) electrons. The molecule has 2 aliphatic rings. The summed E-state index contributed by atoms with van der Waals surface area (Å²) in [6, 6.07) is -0.849. The highest BCUT2D eigenvalue weighted by Crippen LogP contribution is 2.34. The van der Waals surface area contributed by atoms with Crippen molar-refractivity contribution in [1.82, 2.24) is 30.6 Å². The predicted molar refractivity (Wildman–Crippen MR) is 120 cm³/mol. The van der Waals surface area contributed by atoms with Crippen molar-refractivity contribution >= 4 is 58.0 Å². The summed E-state index contributed by atoms with van der Waals surface area (Å²) >= 11 is 25.3. The first kappa shape index (κ1) is 22.0. The Morgan fingerprint density at radius 3 is 1.40 bits per heavy atom. The van der Waals surface area contributed by atoms with Gasteiger partial charge < -0.3 is 26.2 Å². The maximum Gasteiger partial charge on any atom is 0.157 e. The van der Waals surface area contributed by atoms with Crippen LogP contribution >= 0.6 is 46.4 Å². The minimum Gasteiger partial charge on any atom is -0.353 e. The molecule has 2 aromatic heterocycles. The van der Waals surface area contributed by atoms with E-state index in [4.69, 9.17) is 52.1 Å². The second kappa shape index (κ2) is 9.52. The van der Waals surface area contributed by atoms with E-state index in [0.717, 1.165) is 52.4 Å². The van der Waals surface area contributed by atoms with Crippen LogP contribution in [-0.4, -0.2) is 72.3 Å². The maximum atomic E-state index is 6.44. The minimum absolute atomic E-state index is 0.132. The molecule has 2 aromatic rings. The van der Waals surface area contributed by atoms with Crippen molar-refractivity contribution in [2.75, 3.05) is 62.2 Å². The first-order valence-electron chi connectivity index (χ1n) is 9.58. The molecule has 162 valence electrons. The third kappa shape index (κ3) is 4.52. The molecule has 2 fully saturated rings. The zero-order valence-corrected chi connectivity index (χ0v) is 19.0. The van der Waals surface area contributed by atoms with Gasteiger partial charge in [-0.25, -0.2) is 19.9 Å².